The van der Waals surface area contributed by atoms with Crippen LogP contribution in [0.15, 0.2) is 215 Å². The van der Waals surface area contributed by atoms with Crippen molar-refractivity contribution < 1.29 is 17.6 Å². The molecule has 2 heterocycles. The topological polar surface area (TPSA) is 32.8 Å². The number of anilines is 6. The Balaban J connectivity index is 1.01. The standard InChI is InChI=1S/C72H58F2N2O2Si2/c1-43-41-47(73)25-37-53(43)55-13-9-15-57-59-17-11-19-65(71(59)77-69(55)57)75(49-27-31-51(32-28-49)79(3,4)5)63-39-23-45-22-36-62-64(40-24-46-21-35-61(63)67(45)68(46)62)76(50-29-33-52(34-30-50)80(6,7)8)66-20-12-18-60-58-16-10-14-56(70(58)78-72(60)66)54-38-26-48(74)42-44(54)2/h9-42H,1-8H3. The molecule has 14 aromatic rings. The number of para-hydroxylation sites is 4. The van der Waals surface area contributed by atoms with Gasteiger partial charge in [0.2, 0.25) is 0 Å². The molecular formula is C72H58F2N2O2Si2. The second kappa shape index (κ2) is 18.4. The van der Waals surface area contributed by atoms with Gasteiger partial charge in [0, 0.05) is 54.8 Å². The zero-order valence-corrected chi connectivity index (χ0v) is 48.1. The molecule has 0 aliphatic carbocycles. The molecule has 8 heteroatoms. The lowest BCUT2D eigenvalue weighted by molar-refractivity contribution is 0.626. The van der Waals surface area contributed by atoms with Crippen molar-refractivity contribution in [1.82, 2.24) is 0 Å². The van der Waals surface area contributed by atoms with Crippen LogP contribution in [-0.4, -0.2) is 16.1 Å². The molecule has 0 aliphatic rings. The Kier molecular flexibility index (Phi) is 11.4. The minimum atomic E-state index is -1.65. The maximum atomic E-state index is 14.5. The third kappa shape index (κ3) is 7.94. The number of benzene rings is 12. The maximum absolute atomic E-state index is 14.5. The van der Waals surface area contributed by atoms with Crippen LogP contribution in [0.2, 0.25) is 39.3 Å². The van der Waals surface area contributed by atoms with Crippen LogP contribution in [0.25, 0.3) is 98.4 Å². The van der Waals surface area contributed by atoms with E-state index in [-0.39, 0.29) is 11.6 Å². The third-order valence-electron chi connectivity index (χ3n) is 16.5. The molecule has 0 spiro atoms. The largest absolute Gasteiger partial charge is 0.453 e. The zero-order chi connectivity index (χ0) is 54.9. The molecule has 80 heavy (non-hydrogen) atoms. The molecule has 0 unspecified atom stereocenters. The number of hydrogen-bond acceptors (Lipinski definition) is 4. The van der Waals surface area contributed by atoms with Gasteiger partial charge in [0.1, 0.15) is 22.8 Å². The molecule has 0 radical (unpaired) electrons. The van der Waals surface area contributed by atoms with Crippen LogP contribution in [0, 0.1) is 25.5 Å². The summed E-state index contributed by atoms with van der Waals surface area (Å²) in [7, 11) is -3.30. The van der Waals surface area contributed by atoms with E-state index in [9.17, 15) is 8.78 Å². The summed E-state index contributed by atoms with van der Waals surface area (Å²) in [6, 6.07) is 71.8. The van der Waals surface area contributed by atoms with Gasteiger partial charge in [-0.15, -0.1) is 0 Å². The highest BCUT2D eigenvalue weighted by Gasteiger charge is 2.28. The monoisotopic (exact) mass is 1080 g/mol. The molecule has 0 bridgehead atoms. The molecule has 0 N–H and O–H groups in total. The highest BCUT2D eigenvalue weighted by molar-refractivity contribution is 6.89. The van der Waals surface area contributed by atoms with Crippen LogP contribution in [0.1, 0.15) is 11.1 Å². The number of halogens is 2. The van der Waals surface area contributed by atoms with E-state index in [2.05, 4.69) is 219 Å². The van der Waals surface area contributed by atoms with Crippen molar-refractivity contribution in [2.45, 2.75) is 53.1 Å². The van der Waals surface area contributed by atoms with Crippen LogP contribution >= 0.6 is 0 Å². The average molecular weight is 1080 g/mol. The van der Waals surface area contributed by atoms with Crippen molar-refractivity contribution in [3.05, 3.63) is 229 Å². The lowest BCUT2D eigenvalue weighted by Crippen LogP contribution is -2.37. The van der Waals surface area contributed by atoms with Crippen molar-refractivity contribution in [2.24, 2.45) is 0 Å². The number of nitrogens with zero attached hydrogens (tertiary/aromatic N) is 2. The van der Waals surface area contributed by atoms with E-state index in [1.165, 1.54) is 33.3 Å². The quantitative estimate of drug-likeness (QED) is 0.101. The summed E-state index contributed by atoms with van der Waals surface area (Å²) in [6.45, 7) is 18.2. The van der Waals surface area contributed by atoms with Crippen molar-refractivity contribution in [3.8, 4) is 22.3 Å². The SMILES string of the molecule is Cc1cc(F)ccc1-c1cccc2c1oc1c(N(c3ccc([Si](C)(C)C)cc3)c3ccc4ccc5c(N(c6ccc([Si](C)(C)C)cc6)c6cccc7c6oc6c(-c8ccc(F)cc8C)cccc67)ccc6ccc3c4c65)cccc12. The lowest BCUT2D eigenvalue weighted by atomic mass is 9.91. The summed E-state index contributed by atoms with van der Waals surface area (Å²) in [5, 5.41) is 13.6. The summed E-state index contributed by atoms with van der Waals surface area (Å²) in [4.78, 5) is 4.76. The van der Waals surface area contributed by atoms with Crippen LogP contribution in [-0.2, 0) is 0 Å². The van der Waals surface area contributed by atoms with Gasteiger partial charge in [-0.2, -0.15) is 0 Å². The molecule has 12 aromatic carbocycles. The van der Waals surface area contributed by atoms with Crippen molar-refractivity contribution in [3.63, 3.8) is 0 Å². The number of furan rings is 2. The minimum absolute atomic E-state index is 0.260. The van der Waals surface area contributed by atoms with E-state index < -0.39 is 16.1 Å². The highest BCUT2D eigenvalue weighted by Crippen LogP contribution is 2.51. The normalized spacial score (nSPS) is 12.4. The first-order chi connectivity index (χ1) is 38.6. The Morgan fingerprint density at radius 1 is 0.325 bits per heavy atom. The average Bonchev–Trinajstić information content (AvgIpc) is 4.20. The fraction of sp³-hybridized carbons (Fsp3) is 0.111. The molecule has 2 aromatic heterocycles. The lowest BCUT2D eigenvalue weighted by Gasteiger charge is -2.30. The van der Waals surface area contributed by atoms with E-state index in [4.69, 9.17) is 8.83 Å². The van der Waals surface area contributed by atoms with Gasteiger partial charge in [0.15, 0.2) is 11.2 Å². The molecule has 0 saturated carbocycles. The Morgan fingerprint density at radius 3 is 1.06 bits per heavy atom. The van der Waals surface area contributed by atoms with Gasteiger partial charge in [-0.05, 0) is 130 Å². The Labute approximate surface area is 466 Å². The first-order valence-electron chi connectivity index (χ1n) is 27.5. The Hall–Kier alpha value is -8.83. The van der Waals surface area contributed by atoms with Crippen LogP contribution in [0.3, 0.4) is 0 Å². The van der Waals surface area contributed by atoms with Gasteiger partial charge < -0.3 is 18.6 Å². The van der Waals surface area contributed by atoms with Crippen LogP contribution in [0.4, 0.5) is 42.9 Å². The van der Waals surface area contributed by atoms with Gasteiger partial charge in [-0.3, -0.25) is 0 Å². The third-order valence-corrected chi connectivity index (χ3v) is 20.7. The molecule has 4 nitrogen and oxygen atoms in total. The van der Waals surface area contributed by atoms with Gasteiger partial charge >= 0.3 is 0 Å². The Morgan fingerprint density at radius 2 is 0.688 bits per heavy atom. The summed E-state index contributed by atoms with van der Waals surface area (Å²) in [5.74, 6) is -0.520. The number of aryl methyl sites for hydroxylation is 2. The smallest absolute Gasteiger partial charge is 0.159 e. The van der Waals surface area contributed by atoms with E-state index in [0.29, 0.717) is 0 Å². The van der Waals surface area contributed by atoms with E-state index in [1.54, 1.807) is 12.1 Å². The molecule has 0 aliphatic heterocycles. The maximum Gasteiger partial charge on any atom is 0.159 e. The van der Waals surface area contributed by atoms with Gasteiger partial charge in [-0.1, -0.05) is 183 Å². The molecule has 0 amide bonds. The predicted molar refractivity (Wildman–Crippen MR) is 340 cm³/mol. The van der Waals surface area contributed by atoms with Crippen molar-refractivity contribution in [1.29, 1.82) is 0 Å². The van der Waals surface area contributed by atoms with Crippen molar-refractivity contribution in [2.75, 3.05) is 9.80 Å². The zero-order valence-electron chi connectivity index (χ0n) is 46.1. The van der Waals surface area contributed by atoms with E-state index >= 15 is 0 Å². The second-order valence-electron chi connectivity index (χ2n) is 23.7. The highest BCUT2D eigenvalue weighted by atomic mass is 28.3. The Bertz CT molecular complexity index is 4490. The summed E-state index contributed by atoms with van der Waals surface area (Å²) >= 11 is 0. The molecule has 0 saturated heterocycles. The first-order valence-corrected chi connectivity index (χ1v) is 34.5. The second-order valence-corrected chi connectivity index (χ2v) is 33.8. The van der Waals surface area contributed by atoms with Crippen LogP contribution < -0.4 is 20.2 Å². The number of hydrogen-bond donors (Lipinski definition) is 0. The van der Waals surface area contributed by atoms with E-state index in [1.807, 2.05) is 26.0 Å². The fourth-order valence-corrected chi connectivity index (χ4v) is 14.8. The first kappa shape index (κ1) is 49.5. The molecule has 390 valence electrons. The van der Waals surface area contributed by atoms with E-state index in [0.717, 1.165) is 133 Å². The number of fused-ring (bicyclic) bond motifs is 6. The van der Waals surface area contributed by atoms with Gasteiger partial charge in [0.25, 0.3) is 0 Å². The van der Waals surface area contributed by atoms with Crippen LogP contribution in [0.5, 0.6) is 0 Å². The predicted octanol–water partition coefficient (Wildman–Crippen LogP) is 20.6. The fourth-order valence-electron chi connectivity index (χ4n) is 12.4. The van der Waals surface area contributed by atoms with Gasteiger partial charge in [-0.25, -0.2) is 8.78 Å². The summed E-state index contributed by atoms with van der Waals surface area (Å²) in [6.07, 6.45) is 0. The summed E-state index contributed by atoms with van der Waals surface area (Å²) < 4.78 is 43.3. The van der Waals surface area contributed by atoms with Gasteiger partial charge in [0.05, 0.1) is 38.9 Å². The van der Waals surface area contributed by atoms with Crippen molar-refractivity contribution >= 4 is 137 Å². The minimum Gasteiger partial charge on any atom is -0.453 e. The molecule has 14 rings (SSSR count). The number of rotatable bonds is 10. The summed E-state index contributed by atoms with van der Waals surface area (Å²) in [5.41, 5.74) is 14.4. The molecule has 0 atom stereocenters. The molecular weight excluding hydrogens is 1020 g/mol. The molecule has 0 fully saturated rings.